The number of allylic oxidation sites excluding steroid dienone is 2. The van der Waals surface area contributed by atoms with Gasteiger partial charge in [0.25, 0.3) is 0 Å². The normalized spacial score (nSPS) is 27.7. The smallest absolute Gasteiger partial charge is 0.407 e. The van der Waals surface area contributed by atoms with Crippen molar-refractivity contribution in [2.45, 2.75) is 71.4 Å². The first-order chi connectivity index (χ1) is 14.7. The minimum absolute atomic E-state index is 0.212. The summed E-state index contributed by atoms with van der Waals surface area (Å²) in [7, 11) is 0. The molecule has 3 aliphatic rings. The van der Waals surface area contributed by atoms with E-state index in [1.54, 1.807) is 0 Å². The van der Waals surface area contributed by atoms with Crippen molar-refractivity contribution in [3.8, 4) is 0 Å². The van der Waals surface area contributed by atoms with E-state index in [1.807, 2.05) is 26.8 Å². The van der Waals surface area contributed by atoms with Crippen LogP contribution in [0, 0.1) is 17.3 Å². The number of rotatable bonds is 5. The predicted molar refractivity (Wildman–Crippen MR) is 122 cm³/mol. The molecular weight excluding hydrogens is 388 g/mol. The first kappa shape index (κ1) is 21.9. The number of piperidine rings is 1. The summed E-state index contributed by atoms with van der Waals surface area (Å²) >= 11 is 0. The summed E-state index contributed by atoms with van der Waals surface area (Å²) in [6.45, 7) is 9.96. The molecule has 2 aliphatic carbocycles. The second-order valence-corrected chi connectivity index (χ2v) is 10.5. The fraction of sp³-hybridized carbons (Fsp3) is 0.615. The summed E-state index contributed by atoms with van der Waals surface area (Å²) in [5, 5.41) is 2.83. The molecule has 3 unspecified atom stereocenters. The predicted octanol–water partition coefficient (Wildman–Crippen LogP) is 5.02. The quantitative estimate of drug-likeness (QED) is 0.675. The van der Waals surface area contributed by atoms with Crippen LogP contribution in [0.5, 0.6) is 0 Å². The van der Waals surface area contributed by atoms with Crippen molar-refractivity contribution in [2.24, 2.45) is 17.3 Å². The summed E-state index contributed by atoms with van der Waals surface area (Å²) in [4.78, 5) is 27.0. The standard InChI is InChI=1S/C26H36N2O3/c1-5-26-12-9-22(26)21(16-26)23(29)28-13-10-19(11-14-28)20-8-6-7-18(15-20)17-27-24(30)31-25(2,3)4/h6-9,12,15,19,21-22H,5,10-11,13-14,16-17H2,1-4H3,(H,27,30). The number of carbonyl (C=O) groups is 2. The number of carbonyl (C=O) groups excluding carboxylic acids is 2. The number of nitrogens with zero attached hydrogens (tertiary/aromatic N) is 1. The highest BCUT2D eigenvalue weighted by atomic mass is 16.6. The minimum Gasteiger partial charge on any atom is -0.444 e. The van der Waals surface area contributed by atoms with Crippen LogP contribution in [0.4, 0.5) is 4.79 Å². The largest absolute Gasteiger partial charge is 0.444 e. The van der Waals surface area contributed by atoms with Gasteiger partial charge in [-0.15, -0.1) is 0 Å². The summed E-state index contributed by atoms with van der Waals surface area (Å²) < 4.78 is 5.31. The van der Waals surface area contributed by atoms with E-state index >= 15 is 0 Å². The number of ether oxygens (including phenoxy) is 1. The Balaban J connectivity index is 1.27. The molecule has 1 aromatic carbocycles. The minimum atomic E-state index is -0.496. The molecule has 5 nitrogen and oxygen atoms in total. The zero-order valence-electron chi connectivity index (χ0n) is 19.3. The monoisotopic (exact) mass is 424 g/mol. The molecule has 2 fully saturated rings. The van der Waals surface area contributed by atoms with Gasteiger partial charge in [0.2, 0.25) is 5.91 Å². The maximum Gasteiger partial charge on any atom is 0.407 e. The first-order valence-corrected chi connectivity index (χ1v) is 11.7. The van der Waals surface area contributed by atoms with Gasteiger partial charge in [-0.1, -0.05) is 43.3 Å². The van der Waals surface area contributed by atoms with Crippen LogP contribution in [-0.2, 0) is 16.1 Å². The maximum absolute atomic E-state index is 13.0. The van der Waals surface area contributed by atoms with Gasteiger partial charge in [-0.3, -0.25) is 4.79 Å². The molecule has 2 amide bonds. The Hall–Kier alpha value is -2.30. The number of hydrogen-bond donors (Lipinski definition) is 1. The van der Waals surface area contributed by atoms with Crippen LogP contribution >= 0.6 is 0 Å². The number of amides is 2. The van der Waals surface area contributed by atoms with E-state index in [4.69, 9.17) is 4.74 Å². The molecule has 1 aliphatic heterocycles. The van der Waals surface area contributed by atoms with E-state index in [0.29, 0.717) is 29.7 Å². The summed E-state index contributed by atoms with van der Waals surface area (Å²) in [5.74, 6) is 1.53. The Kier molecular flexibility index (Phi) is 5.89. The topological polar surface area (TPSA) is 58.6 Å². The van der Waals surface area contributed by atoms with Crippen molar-refractivity contribution in [1.82, 2.24) is 10.2 Å². The SMILES string of the molecule is CCC12C=CC1C(C(=O)N1CCC(c3cccc(CNC(=O)OC(C)(C)C)c3)CC1)C2. The second-order valence-electron chi connectivity index (χ2n) is 10.5. The van der Waals surface area contributed by atoms with E-state index in [9.17, 15) is 9.59 Å². The molecule has 1 heterocycles. The Bertz CT molecular complexity index is 864. The number of likely N-dealkylation sites (tertiary alicyclic amines) is 1. The third-order valence-corrected chi connectivity index (χ3v) is 7.37. The Labute approximate surface area is 186 Å². The zero-order chi connectivity index (χ0) is 22.2. The van der Waals surface area contributed by atoms with Crippen LogP contribution in [-0.4, -0.2) is 35.6 Å². The van der Waals surface area contributed by atoms with Crippen LogP contribution in [0.25, 0.3) is 0 Å². The highest BCUT2D eigenvalue weighted by molar-refractivity contribution is 5.81. The van der Waals surface area contributed by atoms with Gasteiger partial charge in [0.1, 0.15) is 5.60 Å². The van der Waals surface area contributed by atoms with E-state index in [-0.39, 0.29) is 5.92 Å². The van der Waals surface area contributed by atoms with Gasteiger partial charge in [-0.25, -0.2) is 4.79 Å². The molecule has 0 bridgehead atoms. The zero-order valence-corrected chi connectivity index (χ0v) is 19.3. The molecule has 3 atom stereocenters. The number of fused-ring (bicyclic) bond motifs is 1. The van der Waals surface area contributed by atoms with Crippen molar-refractivity contribution >= 4 is 12.0 Å². The van der Waals surface area contributed by atoms with Gasteiger partial charge in [-0.2, -0.15) is 0 Å². The lowest BCUT2D eigenvalue weighted by Gasteiger charge is -2.58. The van der Waals surface area contributed by atoms with E-state index in [0.717, 1.165) is 44.3 Å². The maximum atomic E-state index is 13.0. The van der Waals surface area contributed by atoms with Gasteiger partial charge in [0, 0.05) is 25.6 Å². The summed E-state index contributed by atoms with van der Waals surface area (Å²) in [6, 6.07) is 8.43. The lowest BCUT2D eigenvalue weighted by atomic mass is 9.46. The third kappa shape index (κ3) is 4.51. The summed E-state index contributed by atoms with van der Waals surface area (Å²) in [5.41, 5.74) is 2.21. The molecule has 4 rings (SSSR count). The fourth-order valence-corrected chi connectivity index (χ4v) is 5.45. The van der Waals surface area contributed by atoms with Gasteiger partial charge in [0.05, 0.1) is 0 Å². The van der Waals surface area contributed by atoms with Crippen molar-refractivity contribution in [1.29, 1.82) is 0 Å². The van der Waals surface area contributed by atoms with Crippen LogP contribution < -0.4 is 5.32 Å². The molecule has 1 saturated carbocycles. The first-order valence-electron chi connectivity index (χ1n) is 11.7. The Morgan fingerprint density at radius 3 is 2.55 bits per heavy atom. The van der Waals surface area contributed by atoms with Gasteiger partial charge >= 0.3 is 6.09 Å². The molecule has 1 aromatic rings. The highest BCUT2D eigenvalue weighted by Gasteiger charge is 2.57. The Morgan fingerprint density at radius 2 is 1.97 bits per heavy atom. The molecule has 0 aromatic heterocycles. The van der Waals surface area contributed by atoms with Gasteiger partial charge < -0.3 is 15.0 Å². The van der Waals surface area contributed by atoms with E-state index in [2.05, 4.69) is 47.5 Å². The molecule has 0 spiro atoms. The van der Waals surface area contributed by atoms with E-state index < -0.39 is 11.7 Å². The molecular formula is C26H36N2O3. The van der Waals surface area contributed by atoms with Crippen molar-refractivity contribution < 1.29 is 14.3 Å². The van der Waals surface area contributed by atoms with Gasteiger partial charge in [0.15, 0.2) is 0 Å². The fourth-order valence-electron chi connectivity index (χ4n) is 5.45. The van der Waals surface area contributed by atoms with E-state index in [1.165, 1.54) is 5.56 Å². The summed E-state index contributed by atoms with van der Waals surface area (Å²) in [6.07, 6.45) is 8.36. The highest BCUT2D eigenvalue weighted by Crippen LogP contribution is 2.61. The molecule has 0 radical (unpaired) electrons. The third-order valence-electron chi connectivity index (χ3n) is 7.37. The van der Waals surface area contributed by atoms with Crippen LogP contribution in [0.1, 0.15) is 70.4 Å². The van der Waals surface area contributed by atoms with Crippen LogP contribution in [0.15, 0.2) is 36.4 Å². The molecule has 5 heteroatoms. The van der Waals surface area contributed by atoms with Crippen molar-refractivity contribution in [2.75, 3.05) is 13.1 Å². The van der Waals surface area contributed by atoms with Crippen molar-refractivity contribution in [3.63, 3.8) is 0 Å². The van der Waals surface area contributed by atoms with Crippen LogP contribution in [0.2, 0.25) is 0 Å². The lowest BCUT2D eigenvalue weighted by Crippen LogP contribution is -2.57. The Morgan fingerprint density at radius 1 is 1.23 bits per heavy atom. The number of alkyl carbamates (subject to hydrolysis) is 1. The van der Waals surface area contributed by atoms with Crippen molar-refractivity contribution in [3.05, 3.63) is 47.5 Å². The average Bonchev–Trinajstić information content (AvgIpc) is 2.73. The molecule has 31 heavy (non-hydrogen) atoms. The molecule has 168 valence electrons. The van der Waals surface area contributed by atoms with Gasteiger partial charge in [-0.05, 0) is 74.8 Å². The average molecular weight is 425 g/mol. The molecule has 1 N–H and O–H groups in total. The number of benzene rings is 1. The van der Waals surface area contributed by atoms with Crippen LogP contribution in [0.3, 0.4) is 0 Å². The number of hydrogen-bond acceptors (Lipinski definition) is 3. The number of nitrogens with one attached hydrogen (secondary N) is 1. The lowest BCUT2D eigenvalue weighted by molar-refractivity contribution is -0.149. The second kappa shape index (κ2) is 8.33. The molecule has 1 saturated heterocycles.